The predicted molar refractivity (Wildman–Crippen MR) is 144 cm³/mol. The summed E-state index contributed by atoms with van der Waals surface area (Å²) in [5, 5.41) is 3.81. The van der Waals surface area contributed by atoms with E-state index in [9.17, 15) is 13.6 Å². The van der Waals surface area contributed by atoms with Crippen LogP contribution in [0.25, 0.3) is 5.00 Å². The number of carbonyl (C=O) groups is 1. The van der Waals surface area contributed by atoms with E-state index in [-0.39, 0.29) is 5.69 Å². The van der Waals surface area contributed by atoms with E-state index >= 15 is 0 Å². The van der Waals surface area contributed by atoms with Crippen molar-refractivity contribution >= 4 is 28.7 Å². The average Bonchev–Trinajstić information content (AvgIpc) is 3.48. The molecular formula is C29H28F2N4OS. The van der Waals surface area contributed by atoms with E-state index < -0.39 is 23.7 Å². The van der Waals surface area contributed by atoms with Crippen LogP contribution in [0.3, 0.4) is 0 Å². The Hall–Kier alpha value is -3.65. The Morgan fingerprint density at radius 2 is 1.81 bits per heavy atom. The van der Waals surface area contributed by atoms with Crippen molar-refractivity contribution in [2.24, 2.45) is 0 Å². The lowest BCUT2D eigenvalue weighted by atomic mass is 9.95. The van der Waals surface area contributed by atoms with Crippen molar-refractivity contribution in [3.05, 3.63) is 99.7 Å². The maximum atomic E-state index is 14.5. The summed E-state index contributed by atoms with van der Waals surface area (Å²) in [5.74, 6) is -1.28. The Bertz CT molecular complexity index is 1470. The van der Waals surface area contributed by atoms with Crippen molar-refractivity contribution in [2.45, 2.75) is 38.3 Å². The minimum Gasteiger partial charge on any atom is -0.378 e. The summed E-state index contributed by atoms with van der Waals surface area (Å²) in [7, 11) is 3.97. The molecule has 0 saturated carbocycles. The zero-order valence-corrected chi connectivity index (χ0v) is 21.6. The molecule has 4 aromatic rings. The van der Waals surface area contributed by atoms with Gasteiger partial charge >= 0.3 is 6.03 Å². The van der Waals surface area contributed by atoms with Crippen LogP contribution in [0.5, 0.6) is 0 Å². The van der Waals surface area contributed by atoms with Gasteiger partial charge in [0.25, 0.3) is 0 Å². The second kappa shape index (κ2) is 9.34. The second-order valence-corrected chi connectivity index (χ2v) is 11.0. The molecule has 37 heavy (non-hydrogen) atoms. The summed E-state index contributed by atoms with van der Waals surface area (Å²) < 4.78 is 30.6. The van der Waals surface area contributed by atoms with Gasteiger partial charge in [-0.15, -0.1) is 11.3 Å². The van der Waals surface area contributed by atoms with Crippen molar-refractivity contribution < 1.29 is 13.6 Å². The minimum atomic E-state index is -0.673. The molecule has 2 aromatic carbocycles. The number of hydrogen-bond donors (Lipinski definition) is 1. The van der Waals surface area contributed by atoms with Crippen LogP contribution >= 0.6 is 11.3 Å². The molecule has 0 fully saturated rings. The molecule has 190 valence electrons. The van der Waals surface area contributed by atoms with Crippen LogP contribution in [0.2, 0.25) is 0 Å². The summed E-state index contributed by atoms with van der Waals surface area (Å²) in [4.78, 5) is 19.1. The number of benzene rings is 2. The maximum absolute atomic E-state index is 14.5. The Morgan fingerprint density at radius 1 is 1.03 bits per heavy atom. The molecule has 5 nitrogen and oxygen atoms in total. The first-order valence-electron chi connectivity index (χ1n) is 12.5. The van der Waals surface area contributed by atoms with Crippen molar-refractivity contribution in [3.8, 4) is 5.00 Å². The quantitative estimate of drug-likeness (QED) is 0.321. The Labute approximate surface area is 218 Å². The Morgan fingerprint density at radius 3 is 2.59 bits per heavy atom. The minimum absolute atomic E-state index is 0.168. The normalized spacial score (nSPS) is 16.4. The third-order valence-corrected chi connectivity index (χ3v) is 8.67. The zero-order chi connectivity index (χ0) is 25.7. The molecule has 6 rings (SSSR count). The fourth-order valence-corrected chi connectivity index (χ4v) is 6.88. The van der Waals surface area contributed by atoms with Crippen molar-refractivity contribution in [1.29, 1.82) is 0 Å². The molecule has 1 aliphatic carbocycles. The predicted octanol–water partition coefficient (Wildman–Crippen LogP) is 6.90. The van der Waals surface area contributed by atoms with Crippen molar-refractivity contribution in [1.82, 2.24) is 9.47 Å². The highest BCUT2D eigenvalue weighted by Crippen LogP contribution is 2.44. The molecule has 2 aliphatic rings. The molecule has 8 heteroatoms. The molecule has 2 aromatic heterocycles. The van der Waals surface area contributed by atoms with Gasteiger partial charge in [-0.25, -0.2) is 13.6 Å². The third kappa shape index (κ3) is 4.19. The number of thiophene rings is 1. The number of aromatic nitrogens is 1. The summed E-state index contributed by atoms with van der Waals surface area (Å²) in [6.07, 6.45) is 6.41. The standard InChI is InChI=1S/C29H28F2N4OS/c1-33(2)20-12-9-18(10-13-20)27-25-7-5-15-34(25)28-22(21-6-3-4-8-26(21)37-28)17-35(27)29(36)32-24-16-19(30)11-14-23(24)31/h5,7,9-16,27H,3-4,6,8,17H2,1-2H3,(H,32,36). The highest BCUT2D eigenvalue weighted by molar-refractivity contribution is 7.15. The lowest BCUT2D eigenvalue weighted by molar-refractivity contribution is 0.194. The van der Waals surface area contributed by atoms with Crippen LogP contribution < -0.4 is 10.2 Å². The van der Waals surface area contributed by atoms with Gasteiger partial charge in [-0.05, 0) is 73.2 Å². The van der Waals surface area contributed by atoms with E-state index in [1.54, 1.807) is 4.90 Å². The number of urea groups is 1. The fraction of sp³-hybridized carbons (Fsp3) is 0.276. The molecule has 1 unspecified atom stereocenters. The smallest absolute Gasteiger partial charge is 0.323 e. The molecule has 1 aliphatic heterocycles. The molecule has 0 bridgehead atoms. The molecule has 1 N–H and O–H groups in total. The lowest BCUT2D eigenvalue weighted by Gasteiger charge is -2.31. The van der Waals surface area contributed by atoms with E-state index in [2.05, 4.69) is 16.1 Å². The largest absolute Gasteiger partial charge is 0.378 e. The van der Waals surface area contributed by atoms with E-state index in [4.69, 9.17) is 0 Å². The van der Waals surface area contributed by atoms with Gasteiger partial charge in [-0.3, -0.25) is 0 Å². The van der Waals surface area contributed by atoms with Gasteiger partial charge in [-0.2, -0.15) is 0 Å². The molecule has 0 saturated heterocycles. The summed E-state index contributed by atoms with van der Waals surface area (Å²) >= 11 is 1.81. The van der Waals surface area contributed by atoms with Crippen LogP contribution in [-0.2, 0) is 19.4 Å². The maximum Gasteiger partial charge on any atom is 0.323 e. The van der Waals surface area contributed by atoms with Gasteiger partial charge in [0.15, 0.2) is 0 Å². The monoisotopic (exact) mass is 518 g/mol. The van der Waals surface area contributed by atoms with Gasteiger partial charge in [-0.1, -0.05) is 12.1 Å². The van der Waals surface area contributed by atoms with Crippen LogP contribution in [0.15, 0.2) is 60.8 Å². The first kappa shape index (κ1) is 23.7. The lowest BCUT2D eigenvalue weighted by Crippen LogP contribution is -2.38. The topological polar surface area (TPSA) is 40.5 Å². The summed E-state index contributed by atoms with van der Waals surface area (Å²) in [5.41, 5.74) is 5.29. The van der Waals surface area contributed by atoms with E-state index in [0.29, 0.717) is 6.54 Å². The molecule has 1 atom stereocenters. The highest BCUT2D eigenvalue weighted by Gasteiger charge is 2.36. The number of anilines is 2. The molecule has 0 radical (unpaired) electrons. The van der Waals surface area contributed by atoms with E-state index in [0.717, 1.165) is 65.0 Å². The summed E-state index contributed by atoms with van der Waals surface area (Å²) in [6, 6.07) is 14.4. The first-order valence-corrected chi connectivity index (χ1v) is 13.3. The average molecular weight is 519 g/mol. The summed E-state index contributed by atoms with van der Waals surface area (Å²) in [6.45, 7) is 0.381. The number of rotatable bonds is 3. The number of nitrogens with one attached hydrogen (secondary N) is 1. The number of nitrogens with zero attached hydrogens (tertiary/aromatic N) is 3. The van der Waals surface area contributed by atoms with E-state index in [1.165, 1.54) is 16.9 Å². The zero-order valence-electron chi connectivity index (χ0n) is 20.8. The number of fused-ring (bicyclic) bond motifs is 5. The van der Waals surface area contributed by atoms with Crippen LogP contribution in [0, 0.1) is 11.6 Å². The van der Waals surface area contributed by atoms with Gasteiger partial charge in [0.2, 0.25) is 0 Å². The molecule has 0 spiro atoms. The molecular weight excluding hydrogens is 490 g/mol. The van der Waals surface area contributed by atoms with Crippen LogP contribution in [0.1, 0.15) is 46.1 Å². The SMILES string of the molecule is CN(C)c1ccc(C2c3cccn3-c3sc4c(c3CN2C(=O)Nc2cc(F)ccc2F)CCCC4)cc1. The van der Waals surface area contributed by atoms with Gasteiger partial charge < -0.3 is 19.7 Å². The third-order valence-electron chi connectivity index (χ3n) is 7.33. The van der Waals surface area contributed by atoms with Crippen molar-refractivity contribution in [2.75, 3.05) is 24.3 Å². The Balaban J connectivity index is 1.49. The first-order chi connectivity index (χ1) is 17.9. The number of halogens is 2. The van der Waals surface area contributed by atoms with E-state index in [1.807, 2.05) is 66.7 Å². The number of aryl methyl sites for hydroxylation is 1. The number of amides is 2. The van der Waals surface area contributed by atoms with Gasteiger partial charge in [0, 0.05) is 42.5 Å². The molecule has 2 amide bonds. The highest BCUT2D eigenvalue weighted by atomic mass is 32.1. The van der Waals surface area contributed by atoms with Gasteiger partial charge in [0.05, 0.1) is 24.0 Å². The van der Waals surface area contributed by atoms with Gasteiger partial charge in [0.1, 0.15) is 16.6 Å². The molecule has 3 heterocycles. The van der Waals surface area contributed by atoms with Crippen LogP contribution in [-0.4, -0.2) is 29.6 Å². The van der Waals surface area contributed by atoms with Crippen LogP contribution in [0.4, 0.5) is 25.0 Å². The Kier molecular flexibility index (Phi) is 5.99. The fourth-order valence-electron chi connectivity index (χ4n) is 5.47. The number of carbonyl (C=O) groups excluding carboxylic acids is 1. The number of hydrogen-bond acceptors (Lipinski definition) is 3. The van der Waals surface area contributed by atoms with Crippen molar-refractivity contribution in [3.63, 3.8) is 0 Å². The second-order valence-electron chi connectivity index (χ2n) is 9.87.